The molecule has 0 amide bonds. The van der Waals surface area contributed by atoms with E-state index in [0.29, 0.717) is 12.2 Å². The van der Waals surface area contributed by atoms with Crippen LogP contribution in [-0.4, -0.2) is 29.6 Å². The zero-order chi connectivity index (χ0) is 32.4. The van der Waals surface area contributed by atoms with Crippen molar-refractivity contribution in [3.8, 4) is 0 Å². The lowest BCUT2D eigenvalue weighted by atomic mass is 10.0. The first-order chi connectivity index (χ1) is 22.6. The summed E-state index contributed by atoms with van der Waals surface area (Å²) in [5.74, 6) is 0.852. The quantitative estimate of drug-likeness (QED) is 0.0469. The summed E-state index contributed by atoms with van der Waals surface area (Å²) >= 11 is 7.89. The molecule has 7 heteroatoms. The first-order valence-electron chi connectivity index (χ1n) is 16.6. The number of aryl methyl sites for hydroxylation is 1. The number of benzene rings is 2. The van der Waals surface area contributed by atoms with E-state index in [-0.39, 0.29) is 0 Å². The summed E-state index contributed by atoms with van der Waals surface area (Å²) in [6.45, 7) is 8.96. The van der Waals surface area contributed by atoms with Crippen molar-refractivity contribution < 1.29 is 0 Å². The monoisotopic (exact) mass is 654 g/mol. The maximum absolute atomic E-state index is 10.1. The maximum atomic E-state index is 10.1. The Labute approximate surface area is 285 Å². The molecule has 1 heterocycles. The zero-order valence-electron chi connectivity index (χ0n) is 27.0. The van der Waals surface area contributed by atoms with Gasteiger partial charge in [-0.1, -0.05) is 124 Å². The van der Waals surface area contributed by atoms with Crippen molar-refractivity contribution in [1.82, 2.24) is 4.90 Å². The number of halogens is 1. The fourth-order valence-corrected chi connectivity index (χ4v) is 6.50. The van der Waals surface area contributed by atoms with Gasteiger partial charge >= 0.3 is 0 Å². The van der Waals surface area contributed by atoms with Crippen LogP contribution in [0.1, 0.15) is 87.3 Å². The van der Waals surface area contributed by atoms with Gasteiger partial charge in [-0.25, -0.2) is 0 Å². The number of allylic oxidation sites excluding steroid dienone is 3. The molecule has 5 nitrogen and oxygen atoms in total. The Bertz CT molecular complexity index is 1470. The molecule has 2 aromatic rings. The molecule has 0 saturated carbocycles. The number of hydrogen-bond donors (Lipinski definition) is 0. The third-order valence-corrected chi connectivity index (χ3v) is 9.31. The van der Waals surface area contributed by atoms with Gasteiger partial charge in [-0.15, -0.1) is 4.91 Å². The molecule has 0 aromatic heterocycles. The zero-order valence-corrected chi connectivity index (χ0v) is 28.6. The Hall–Kier alpha value is -3.48. The fourth-order valence-electron chi connectivity index (χ4n) is 5.81. The molecule has 0 radical (unpaired) electrons. The molecule has 1 aliphatic carbocycles. The van der Waals surface area contributed by atoms with Crippen LogP contribution in [0.25, 0.3) is 6.08 Å². The molecule has 1 aliphatic heterocycles. The summed E-state index contributed by atoms with van der Waals surface area (Å²) in [5, 5.41) is 0.791. The highest BCUT2D eigenvalue weighted by molar-refractivity contribution is 7.97. The lowest BCUT2D eigenvalue weighted by Gasteiger charge is -2.29. The standard InChI is InChI=1S/C39H47ClN4OS/c1-31(44-29-36(26-32-18-12-10-13-19-32)42-39(30-44)35-21-15-11-16-22-35)38(41-2)28-33-23-24-34(37(40)27-33)20-14-8-6-4-3-5-7-9-17-25-46-43-45/h10,12-13,15,18-19,21-24,27-28,30H,1-9,11,14,16-17,20,25-26,29H2/b38-28-. The van der Waals surface area contributed by atoms with E-state index in [1.54, 1.807) is 0 Å². The normalized spacial score (nSPS) is 14.8. The van der Waals surface area contributed by atoms with Crippen molar-refractivity contribution in [2.45, 2.75) is 83.5 Å². The predicted octanol–water partition coefficient (Wildman–Crippen LogP) is 11.5. The Kier molecular flexibility index (Phi) is 15.3. The van der Waals surface area contributed by atoms with E-state index in [0.717, 1.165) is 89.5 Å². The minimum absolute atomic E-state index is 0.639. The SMILES string of the molecule is C=N/C(=C\c1ccc(CCCCCCCCCCCSN=O)c(Cl)c1)C(=C)N1C=C(C2=CCCC=C2)N=C(Cc2ccccc2)C1. The first-order valence-corrected chi connectivity index (χ1v) is 18.0. The minimum atomic E-state index is 0.639. The van der Waals surface area contributed by atoms with Gasteiger partial charge in [0, 0.05) is 45.6 Å². The largest absolute Gasteiger partial charge is 0.339 e. The molecule has 4 rings (SSSR count). The number of nitrogens with zero attached hydrogens (tertiary/aromatic N) is 4. The Morgan fingerprint density at radius 1 is 0.978 bits per heavy atom. The van der Waals surface area contributed by atoms with Crippen LogP contribution in [0.3, 0.4) is 0 Å². The van der Waals surface area contributed by atoms with Crippen LogP contribution >= 0.6 is 23.5 Å². The molecule has 0 unspecified atom stereocenters. The van der Waals surface area contributed by atoms with E-state index < -0.39 is 0 Å². The summed E-state index contributed by atoms with van der Waals surface area (Å²) < 4.78 is 2.84. The average Bonchev–Trinajstić information content (AvgIpc) is 3.09. The molecule has 0 N–H and O–H groups in total. The van der Waals surface area contributed by atoms with E-state index >= 15 is 0 Å². The summed E-state index contributed by atoms with van der Waals surface area (Å²) in [7, 11) is 0. The third kappa shape index (κ3) is 11.7. The van der Waals surface area contributed by atoms with Crippen molar-refractivity contribution in [2.75, 3.05) is 12.3 Å². The molecule has 0 fully saturated rings. The van der Waals surface area contributed by atoms with Crippen LogP contribution < -0.4 is 0 Å². The van der Waals surface area contributed by atoms with Gasteiger partial charge < -0.3 is 4.90 Å². The van der Waals surface area contributed by atoms with Gasteiger partial charge in [-0.3, -0.25) is 9.98 Å². The van der Waals surface area contributed by atoms with E-state index in [2.05, 4.69) is 88.6 Å². The number of rotatable bonds is 20. The molecule has 2 aliphatic rings. The Morgan fingerprint density at radius 3 is 2.39 bits per heavy atom. The van der Waals surface area contributed by atoms with Gasteiger partial charge in [0.2, 0.25) is 0 Å². The van der Waals surface area contributed by atoms with Crippen LogP contribution in [-0.2, 0) is 12.8 Å². The van der Waals surface area contributed by atoms with Gasteiger partial charge in [0.1, 0.15) is 0 Å². The van der Waals surface area contributed by atoms with E-state index in [9.17, 15) is 4.91 Å². The fraction of sp³-hybridized carbons (Fsp3) is 0.385. The molecule has 0 spiro atoms. The van der Waals surface area contributed by atoms with Crippen molar-refractivity contribution in [3.05, 3.63) is 129 Å². The lowest BCUT2D eigenvalue weighted by Crippen LogP contribution is -2.30. The van der Waals surface area contributed by atoms with Gasteiger partial charge in [0.25, 0.3) is 0 Å². The number of unbranched alkanes of at least 4 members (excludes halogenated alkanes) is 8. The summed E-state index contributed by atoms with van der Waals surface area (Å²) in [6.07, 6.45) is 25.6. The highest BCUT2D eigenvalue weighted by atomic mass is 35.5. The van der Waals surface area contributed by atoms with E-state index in [4.69, 9.17) is 16.6 Å². The van der Waals surface area contributed by atoms with Crippen molar-refractivity contribution in [2.24, 2.45) is 14.6 Å². The van der Waals surface area contributed by atoms with Gasteiger partial charge in [-0.2, -0.15) is 0 Å². The second-order valence-corrected chi connectivity index (χ2v) is 13.2. The van der Waals surface area contributed by atoms with Crippen LogP contribution in [0.5, 0.6) is 0 Å². The smallest absolute Gasteiger partial charge is 0.0861 e. The first kappa shape index (κ1) is 35.4. The molecule has 46 heavy (non-hydrogen) atoms. The number of aliphatic imine (C=N–C) groups is 2. The summed E-state index contributed by atoms with van der Waals surface area (Å²) in [5.41, 5.74) is 8.08. The van der Waals surface area contributed by atoms with Crippen LogP contribution in [0.2, 0.25) is 5.02 Å². The third-order valence-electron chi connectivity index (χ3n) is 8.38. The number of hydrogen-bond acceptors (Lipinski definition) is 6. The molecular weight excluding hydrogens is 608 g/mol. The van der Waals surface area contributed by atoms with Crippen molar-refractivity contribution >= 4 is 42.1 Å². The second kappa shape index (κ2) is 19.9. The van der Waals surface area contributed by atoms with E-state index in [1.807, 2.05) is 18.2 Å². The number of nitroso groups, excluding NO2 is 1. The van der Waals surface area contributed by atoms with Crippen molar-refractivity contribution in [1.29, 1.82) is 0 Å². The molecule has 2 aromatic carbocycles. The van der Waals surface area contributed by atoms with Gasteiger partial charge in [0.15, 0.2) is 0 Å². The van der Waals surface area contributed by atoms with Crippen LogP contribution in [0, 0.1) is 4.91 Å². The molecular formula is C39H47ClN4OS. The molecule has 0 bridgehead atoms. The molecule has 242 valence electrons. The van der Waals surface area contributed by atoms with Gasteiger partial charge in [-0.05, 0) is 73.2 Å². The summed E-state index contributed by atoms with van der Waals surface area (Å²) in [4.78, 5) is 21.7. The Balaban J connectivity index is 1.32. The van der Waals surface area contributed by atoms with Crippen LogP contribution in [0.15, 0.2) is 117 Å². The van der Waals surface area contributed by atoms with Gasteiger partial charge in [0.05, 0.1) is 23.6 Å². The molecule has 0 saturated heterocycles. The highest BCUT2D eigenvalue weighted by Crippen LogP contribution is 2.29. The maximum Gasteiger partial charge on any atom is 0.0861 e. The average molecular weight is 655 g/mol. The van der Waals surface area contributed by atoms with Crippen LogP contribution in [0.4, 0.5) is 0 Å². The molecule has 0 atom stereocenters. The summed E-state index contributed by atoms with van der Waals surface area (Å²) in [6, 6.07) is 16.7. The highest BCUT2D eigenvalue weighted by Gasteiger charge is 2.20. The topological polar surface area (TPSA) is 57.4 Å². The lowest BCUT2D eigenvalue weighted by molar-refractivity contribution is 0.526. The van der Waals surface area contributed by atoms with E-state index in [1.165, 1.54) is 56.1 Å². The van der Waals surface area contributed by atoms with Crippen molar-refractivity contribution in [3.63, 3.8) is 0 Å². The second-order valence-electron chi connectivity index (χ2n) is 11.9. The predicted molar refractivity (Wildman–Crippen MR) is 200 cm³/mol. The minimum Gasteiger partial charge on any atom is -0.339 e. The Morgan fingerprint density at radius 2 is 1.72 bits per heavy atom.